The molecular formula is C21H31N5O7S. The highest BCUT2D eigenvalue weighted by atomic mass is 32.2. The van der Waals surface area contributed by atoms with E-state index in [9.17, 15) is 19.2 Å². The molecule has 1 amide bonds. The molecule has 0 saturated carbocycles. The van der Waals surface area contributed by atoms with Gasteiger partial charge in [-0.1, -0.05) is 18.5 Å². The van der Waals surface area contributed by atoms with Gasteiger partial charge >= 0.3 is 11.7 Å². The van der Waals surface area contributed by atoms with E-state index in [2.05, 4.69) is 10.1 Å². The van der Waals surface area contributed by atoms with Crippen molar-refractivity contribution in [2.45, 2.75) is 45.9 Å². The second-order valence-electron chi connectivity index (χ2n) is 7.49. The normalized spacial score (nSPS) is 10.9. The second kappa shape index (κ2) is 13.0. The molecule has 2 aromatic rings. The zero-order chi connectivity index (χ0) is 25.3. The Hall–Kier alpha value is -3.06. The number of carbonyl (C=O) groups excluding carboxylic acids is 2. The van der Waals surface area contributed by atoms with E-state index in [0.717, 1.165) is 22.6 Å². The lowest BCUT2D eigenvalue weighted by Gasteiger charge is -2.24. The van der Waals surface area contributed by atoms with Crippen molar-refractivity contribution in [3.8, 4) is 0 Å². The average molecular weight is 498 g/mol. The Morgan fingerprint density at radius 2 is 2.03 bits per heavy atom. The van der Waals surface area contributed by atoms with Crippen molar-refractivity contribution in [2.24, 2.45) is 0 Å². The van der Waals surface area contributed by atoms with Crippen molar-refractivity contribution >= 4 is 35.1 Å². The van der Waals surface area contributed by atoms with Crippen molar-refractivity contribution in [1.82, 2.24) is 14.7 Å². The van der Waals surface area contributed by atoms with E-state index in [-0.39, 0.29) is 37.0 Å². The molecule has 12 nitrogen and oxygen atoms in total. The fraction of sp³-hybridized carbons (Fsp3) is 0.571. The van der Waals surface area contributed by atoms with Gasteiger partial charge in [-0.3, -0.25) is 28.8 Å². The van der Waals surface area contributed by atoms with Crippen molar-refractivity contribution in [3.63, 3.8) is 0 Å². The van der Waals surface area contributed by atoms with Gasteiger partial charge in [0.25, 0.3) is 11.5 Å². The SMILES string of the molecule is CCCCn1c(N)c(N(CCOC)C(=O)COC(=O)CSCc2c(C)noc2C)c(=O)[nH]c1=O. The molecule has 2 aromatic heterocycles. The molecule has 0 aromatic carbocycles. The van der Waals surface area contributed by atoms with Gasteiger partial charge in [0.15, 0.2) is 12.3 Å². The van der Waals surface area contributed by atoms with Crippen LogP contribution in [0.1, 0.15) is 36.8 Å². The summed E-state index contributed by atoms with van der Waals surface area (Å²) in [7, 11) is 1.44. The van der Waals surface area contributed by atoms with E-state index < -0.39 is 29.7 Å². The predicted octanol–water partition coefficient (Wildman–Crippen LogP) is 0.980. The monoisotopic (exact) mass is 497 g/mol. The molecule has 0 bridgehead atoms. The Labute approximate surface area is 200 Å². The minimum Gasteiger partial charge on any atom is -0.455 e. The fourth-order valence-corrected chi connectivity index (χ4v) is 4.09. The van der Waals surface area contributed by atoms with Crippen LogP contribution in [0, 0.1) is 13.8 Å². The predicted molar refractivity (Wildman–Crippen MR) is 128 cm³/mol. The van der Waals surface area contributed by atoms with Crippen LogP contribution in [0.3, 0.4) is 0 Å². The van der Waals surface area contributed by atoms with Crippen LogP contribution in [-0.4, -0.2) is 59.2 Å². The summed E-state index contributed by atoms with van der Waals surface area (Å²) in [5, 5.41) is 3.86. The van der Waals surface area contributed by atoms with Crippen LogP contribution in [0.5, 0.6) is 0 Å². The third-order valence-electron chi connectivity index (χ3n) is 5.04. The molecule has 0 saturated heterocycles. The molecule has 0 atom stereocenters. The molecule has 3 N–H and O–H groups in total. The number of aromatic nitrogens is 3. The van der Waals surface area contributed by atoms with Crippen LogP contribution in [0.2, 0.25) is 0 Å². The molecule has 34 heavy (non-hydrogen) atoms. The summed E-state index contributed by atoms with van der Waals surface area (Å²) in [5.74, 6) is -0.181. The van der Waals surface area contributed by atoms with E-state index >= 15 is 0 Å². The smallest absolute Gasteiger partial charge is 0.330 e. The number of nitrogens with two attached hydrogens (primary N) is 1. The molecule has 0 aliphatic heterocycles. The summed E-state index contributed by atoms with van der Waals surface area (Å²) in [4.78, 5) is 53.0. The van der Waals surface area contributed by atoms with Gasteiger partial charge in [-0.25, -0.2) is 4.79 Å². The summed E-state index contributed by atoms with van der Waals surface area (Å²) >= 11 is 1.30. The molecule has 2 rings (SSSR count). The van der Waals surface area contributed by atoms with E-state index in [1.165, 1.54) is 23.4 Å². The lowest BCUT2D eigenvalue weighted by molar-refractivity contribution is -0.145. The number of amides is 1. The maximum absolute atomic E-state index is 12.9. The van der Waals surface area contributed by atoms with Crippen LogP contribution in [0.25, 0.3) is 0 Å². The number of hydrogen-bond acceptors (Lipinski definition) is 10. The highest BCUT2D eigenvalue weighted by molar-refractivity contribution is 7.99. The van der Waals surface area contributed by atoms with Crippen molar-refractivity contribution in [1.29, 1.82) is 0 Å². The number of methoxy groups -OCH3 is 1. The number of anilines is 2. The highest BCUT2D eigenvalue weighted by Gasteiger charge is 2.25. The average Bonchev–Trinajstić information content (AvgIpc) is 3.11. The Balaban J connectivity index is 2.09. The number of H-pyrrole nitrogens is 1. The minimum atomic E-state index is -0.805. The number of hydrogen-bond donors (Lipinski definition) is 2. The molecule has 0 radical (unpaired) electrons. The lowest BCUT2D eigenvalue weighted by Crippen LogP contribution is -2.44. The van der Waals surface area contributed by atoms with E-state index in [1.807, 2.05) is 13.8 Å². The first-order chi connectivity index (χ1) is 16.2. The molecule has 0 fully saturated rings. The van der Waals surface area contributed by atoms with Gasteiger partial charge in [0.1, 0.15) is 11.6 Å². The molecule has 13 heteroatoms. The number of thioether (sulfide) groups is 1. The van der Waals surface area contributed by atoms with Gasteiger partial charge < -0.3 is 19.7 Å². The topological polar surface area (TPSA) is 163 Å². The summed E-state index contributed by atoms with van der Waals surface area (Å²) in [6, 6.07) is 0. The maximum Gasteiger partial charge on any atom is 0.330 e. The van der Waals surface area contributed by atoms with Crippen LogP contribution >= 0.6 is 11.8 Å². The van der Waals surface area contributed by atoms with Crippen LogP contribution in [0.15, 0.2) is 14.1 Å². The highest BCUT2D eigenvalue weighted by Crippen LogP contribution is 2.20. The Bertz CT molecular complexity index is 1090. The lowest BCUT2D eigenvalue weighted by atomic mass is 10.2. The number of esters is 1. The number of nitrogen functional groups attached to an aromatic ring is 1. The number of nitrogens with zero attached hydrogens (tertiary/aromatic N) is 3. The summed E-state index contributed by atoms with van der Waals surface area (Å²) in [5.41, 5.74) is 6.14. The van der Waals surface area contributed by atoms with Crippen molar-refractivity contribution in [3.05, 3.63) is 37.9 Å². The molecule has 2 heterocycles. The zero-order valence-corrected chi connectivity index (χ0v) is 20.7. The third kappa shape index (κ3) is 6.97. The number of unbranched alkanes of at least 4 members (excludes halogenated alkanes) is 1. The number of aryl methyl sites for hydroxylation is 2. The number of carbonyl (C=O) groups is 2. The number of nitrogens with one attached hydrogen (secondary N) is 1. The third-order valence-corrected chi connectivity index (χ3v) is 5.98. The Morgan fingerprint density at radius 3 is 2.65 bits per heavy atom. The standard InChI is InChI=1S/C21H31N5O7S/c1-5-6-7-26-19(22)18(20(29)23-21(26)30)25(8-9-31-4)16(27)10-32-17(28)12-34-11-15-13(2)24-33-14(15)3/h5-12,22H2,1-4H3,(H,23,29,30). The molecular weight excluding hydrogens is 466 g/mol. The molecule has 188 valence electrons. The number of ether oxygens (including phenoxy) is 2. The van der Waals surface area contributed by atoms with Gasteiger partial charge in [0.05, 0.1) is 18.1 Å². The van der Waals surface area contributed by atoms with E-state index in [4.69, 9.17) is 19.7 Å². The summed E-state index contributed by atoms with van der Waals surface area (Å²) in [6.07, 6.45) is 1.46. The minimum absolute atomic E-state index is 0.0139. The molecule has 0 aliphatic carbocycles. The van der Waals surface area contributed by atoms with Gasteiger partial charge in [-0.05, 0) is 20.3 Å². The fourth-order valence-electron chi connectivity index (χ4n) is 3.13. The quantitative estimate of drug-likeness (QED) is 0.381. The molecule has 0 spiro atoms. The number of rotatable bonds is 13. The first kappa shape index (κ1) is 27.2. The summed E-state index contributed by atoms with van der Waals surface area (Å²) < 4.78 is 16.5. The Kier molecular flexibility index (Phi) is 10.4. The van der Waals surface area contributed by atoms with Crippen LogP contribution < -0.4 is 21.9 Å². The Morgan fingerprint density at radius 1 is 1.29 bits per heavy atom. The second-order valence-corrected chi connectivity index (χ2v) is 8.48. The molecule has 0 aliphatic rings. The van der Waals surface area contributed by atoms with Gasteiger partial charge in [-0.15, -0.1) is 11.8 Å². The van der Waals surface area contributed by atoms with Crippen LogP contribution in [0.4, 0.5) is 11.5 Å². The van der Waals surface area contributed by atoms with Gasteiger partial charge in [0, 0.05) is 31.5 Å². The zero-order valence-electron chi connectivity index (χ0n) is 19.8. The van der Waals surface area contributed by atoms with Crippen molar-refractivity contribution < 1.29 is 23.6 Å². The first-order valence-corrected chi connectivity index (χ1v) is 11.9. The maximum atomic E-state index is 12.9. The van der Waals surface area contributed by atoms with Crippen LogP contribution in [-0.2, 0) is 31.4 Å². The van der Waals surface area contributed by atoms with Gasteiger partial charge in [-0.2, -0.15) is 0 Å². The molecule has 0 unspecified atom stereocenters. The van der Waals surface area contributed by atoms with Gasteiger partial charge in [0.2, 0.25) is 0 Å². The van der Waals surface area contributed by atoms with E-state index in [0.29, 0.717) is 17.9 Å². The van der Waals surface area contributed by atoms with Crippen molar-refractivity contribution in [2.75, 3.05) is 43.3 Å². The first-order valence-electron chi connectivity index (χ1n) is 10.8. The number of aromatic amines is 1. The van der Waals surface area contributed by atoms with E-state index in [1.54, 1.807) is 6.92 Å². The summed E-state index contributed by atoms with van der Waals surface area (Å²) in [6.45, 7) is 5.32. The largest absolute Gasteiger partial charge is 0.455 e.